The van der Waals surface area contributed by atoms with Gasteiger partial charge in [0, 0.05) is 17.7 Å². The van der Waals surface area contributed by atoms with Crippen LogP contribution in [0.5, 0.6) is 11.5 Å². The Kier molecular flexibility index (Phi) is 7.27. The van der Waals surface area contributed by atoms with Crippen molar-refractivity contribution in [2.24, 2.45) is 10.2 Å². The smallest absolute Gasteiger partial charge is 0.270 e. The molecule has 1 fully saturated rings. The molecule has 2 aromatic carbocycles. The average Bonchev–Trinajstić information content (AvgIpc) is 3.46. The van der Waals surface area contributed by atoms with Crippen LogP contribution >= 0.6 is 11.8 Å². The summed E-state index contributed by atoms with van der Waals surface area (Å²) in [5.74, 6) is 0.609. The first-order chi connectivity index (χ1) is 16.9. The molecule has 0 bridgehead atoms. The molecule has 35 heavy (non-hydrogen) atoms. The Hall–Kier alpha value is -4.38. The number of phenols is 1. The number of thioether (sulfide) groups is 1. The molecule has 1 aliphatic heterocycles. The van der Waals surface area contributed by atoms with Gasteiger partial charge in [-0.15, -0.1) is 5.10 Å². The van der Waals surface area contributed by atoms with E-state index in [2.05, 4.69) is 10.2 Å². The lowest BCUT2D eigenvalue weighted by Crippen LogP contribution is -2.28. The van der Waals surface area contributed by atoms with Gasteiger partial charge in [-0.2, -0.15) is 5.10 Å². The van der Waals surface area contributed by atoms with Crippen LogP contribution < -0.4 is 4.74 Å². The first kappa shape index (κ1) is 23.8. The highest BCUT2D eigenvalue weighted by atomic mass is 32.2. The van der Waals surface area contributed by atoms with E-state index in [1.165, 1.54) is 35.6 Å². The maximum atomic E-state index is 13.2. The highest BCUT2D eigenvalue weighted by molar-refractivity contribution is 8.18. The van der Waals surface area contributed by atoms with Gasteiger partial charge in [-0.05, 0) is 54.6 Å². The first-order valence-corrected chi connectivity index (χ1v) is 11.3. The zero-order valence-corrected chi connectivity index (χ0v) is 19.3. The van der Waals surface area contributed by atoms with Crippen LogP contribution in [0.3, 0.4) is 0 Å². The molecule has 0 atom stereocenters. The van der Waals surface area contributed by atoms with E-state index < -0.39 is 4.92 Å². The van der Waals surface area contributed by atoms with E-state index in [4.69, 9.17) is 9.15 Å². The van der Waals surface area contributed by atoms with Gasteiger partial charge >= 0.3 is 0 Å². The number of benzene rings is 2. The van der Waals surface area contributed by atoms with Crippen LogP contribution in [0, 0.1) is 10.1 Å². The largest absolute Gasteiger partial charge is 0.504 e. The van der Waals surface area contributed by atoms with Crippen LogP contribution in [0.15, 0.2) is 80.4 Å². The van der Waals surface area contributed by atoms with Crippen LogP contribution in [0.2, 0.25) is 0 Å². The Morgan fingerprint density at radius 3 is 2.80 bits per heavy atom. The summed E-state index contributed by atoms with van der Waals surface area (Å²) in [4.78, 5) is 25.5. The normalized spacial score (nSPS) is 16.0. The van der Waals surface area contributed by atoms with Crippen molar-refractivity contribution < 1.29 is 24.0 Å². The first-order valence-electron chi connectivity index (χ1n) is 10.5. The maximum Gasteiger partial charge on any atom is 0.270 e. The summed E-state index contributed by atoms with van der Waals surface area (Å²) in [6.45, 7) is 2.35. The van der Waals surface area contributed by atoms with Crippen molar-refractivity contribution in [3.8, 4) is 11.5 Å². The summed E-state index contributed by atoms with van der Waals surface area (Å²) in [7, 11) is 0. The number of phenolic OH excluding ortho intramolecular Hbond substituents is 1. The van der Waals surface area contributed by atoms with Gasteiger partial charge in [-0.1, -0.05) is 18.2 Å². The number of rotatable bonds is 8. The van der Waals surface area contributed by atoms with Crippen molar-refractivity contribution in [2.75, 3.05) is 6.61 Å². The molecule has 0 spiro atoms. The molecule has 1 amide bonds. The SMILES string of the molecule is CCOc1cc(/C=C2\S/C(=N\N=C\c3cccc([N+](=O)[O-])c3)N(Cc3ccco3)C2=O)ccc1O. The van der Waals surface area contributed by atoms with E-state index in [0.717, 1.165) is 11.8 Å². The Labute approximate surface area is 204 Å². The topological polar surface area (TPSA) is 131 Å². The minimum Gasteiger partial charge on any atom is -0.504 e. The fourth-order valence-corrected chi connectivity index (χ4v) is 4.12. The number of non-ortho nitro benzene ring substituents is 1. The Bertz CT molecular complexity index is 1330. The lowest BCUT2D eigenvalue weighted by molar-refractivity contribution is -0.384. The number of hydrogen-bond donors (Lipinski definition) is 1. The molecule has 0 aliphatic carbocycles. The van der Waals surface area contributed by atoms with E-state index in [1.807, 2.05) is 6.92 Å². The number of aromatic hydroxyl groups is 1. The van der Waals surface area contributed by atoms with Crippen molar-refractivity contribution in [3.05, 3.63) is 92.8 Å². The molecule has 0 unspecified atom stereocenters. The third-order valence-electron chi connectivity index (χ3n) is 4.79. The van der Waals surface area contributed by atoms with Gasteiger partial charge in [0.1, 0.15) is 5.76 Å². The van der Waals surface area contributed by atoms with Crippen LogP contribution in [-0.2, 0) is 11.3 Å². The van der Waals surface area contributed by atoms with Crippen LogP contribution in [0.1, 0.15) is 23.8 Å². The van der Waals surface area contributed by atoms with E-state index in [1.54, 1.807) is 42.5 Å². The number of carbonyl (C=O) groups is 1. The fourth-order valence-electron chi connectivity index (χ4n) is 3.19. The molecule has 1 aliphatic rings. The van der Waals surface area contributed by atoms with E-state index in [-0.39, 0.29) is 23.9 Å². The number of carbonyl (C=O) groups excluding carboxylic acids is 1. The van der Waals surface area contributed by atoms with Crippen LogP contribution in [0.25, 0.3) is 6.08 Å². The fraction of sp³-hybridized carbons (Fsp3) is 0.125. The summed E-state index contributed by atoms with van der Waals surface area (Å²) >= 11 is 1.13. The summed E-state index contributed by atoms with van der Waals surface area (Å²) in [6, 6.07) is 14.3. The monoisotopic (exact) mass is 492 g/mol. The second-order valence-electron chi connectivity index (χ2n) is 7.22. The molecule has 10 nitrogen and oxygen atoms in total. The van der Waals surface area contributed by atoms with Crippen LogP contribution in [-0.4, -0.2) is 38.8 Å². The van der Waals surface area contributed by atoms with Gasteiger partial charge in [0.05, 0.1) is 35.5 Å². The molecule has 2 heterocycles. The quantitative estimate of drug-likeness (QED) is 0.207. The number of furan rings is 1. The average molecular weight is 493 g/mol. The van der Waals surface area contributed by atoms with Gasteiger partial charge < -0.3 is 14.3 Å². The Balaban J connectivity index is 1.62. The molecular weight excluding hydrogens is 472 g/mol. The number of nitrogens with zero attached hydrogens (tertiary/aromatic N) is 4. The lowest BCUT2D eigenvalue weighted by Gasteiger charge is -2.12. The molecule has 1 aromatic heterocycles. The standard InChI is InChI=1S/C24H20N4O6S/c1-2-33-21-12-16(8-9-20(21)29)13-22-23(30)27(15-19-7-4-10-34-19)24(35-22)26-25-14-17-5-3-6-18(11-17)28(31)32/h3-14,29H,2,15H2,1H3/b22-13-,25-14+,26-24-. The van der Waals surface area contributed by atoms with E-state index in [0.29, 0.717) is 39.3 Å². The van der Waals surface area contributed by atoms with Crippen LogP contribution in [0.4, 0.5) is 5.69 Å². The van der Waals surface area contributed by atoms with E-state index >= 15 is 0 Å². The van der Waals surface area contributed by atoms with Gasteiger partial charge in [0.15, 0.2) is 16.7 Å². The summed E-state index contributed by atoms with van der Waals surface area (Å²) < 4.78 is 10.8. The van der Waals surface area contributed by atoms with Crippen molar-refractivity contribution in [3.63, 3.8) is 0 Å². The lowest BCUT2D eigenvalue weighted by atomic mass is 10.2. The second kappa shape index (κ2) is 10.7. The number of ether oxygens (including phenoxy) is 1. The van der Waals surface area contributed by atoms with Crippen molar-refractivity contribution in [1.82, 2.24) is 4.90 Å². The minimum absolute atomic E-state index is 0.0107. The molecule has 11 heteroatoms. The molecule has 1 saturated heterocycles. The molecule has 4 rings (SSSR count). The van der Waals surface area contributed by atoms with Gasteiger partial charge in [-0.25, -0.2) is 0 Å². The number of nitro groups is 1. The summed E-state index contributed by atoms with van der Waals surface area (Å²) in [5, 5.41) is 29.5. The highest BCUT2D eigenvalue weighted by Crippen LogP contribution is 2.35. The highest BCUT2D eigenvalue weighted by Gasteiger charge is 2.34. The molecule has 0 radical (unpaired) electrons. The minimum atomic E-state index is -0.489. The molecule has 3 aromatic rings. The zero-order valence-electron chi connectivity index (χ0n) is 18.5. The number of amides is 1. The zero-order chi connectivity index (χ0) is 24.8. The number of amidine groups is 1. The number of nitro benzene ring substituents is 1. The Morgan fingerprint density at radius 2 is 2.06 bits per heavy atom. The molecule has 0 saturated carbocycles. The predicted molar refractivity (Wildman–Crippen MR) is 132 cm³/mol. The summed E-state index contributed by atoms with van der Waals surface area (Å²) in [5.41, 5.74) is 1.11. The van der Waals surface area contributed by atoms with Gasteiger partial charge in [0.2, 0.25) is 0 Å². The Morgan fingerprint density at radius 1 is 1.20 bits per heavy atom. The predicted octanol–water partition coefficient (Wildman–Crippen LogP) is 4.80. The third-order valence-corrected chi connectivity index (χ3v) is 5.79. The van der Waals surface area contributed by atoms with Crippen molar-refractivity contribution >= 4 is 40.8 Å². The van der Waals surface area contributed by atoms with E-state index in [9.17, 15) is 20.0 Å². The third kappa shape index (κ3) is 5.76. The van der Waals surface area contributed by atoms with Gasteiger partial charge in [0.25, 0.3) is 11.6 Å². The van der Waals surface area contributed by atoms with Crippen molar-refractivity contribution in [1.29, 1.82) is 0 Å². The van der Waals surface area contributed by atoms with Gasteiger partial charge in [-0.3, -0.25) is 19.8 Å². The summed E-state index contributed by atoms with van der Waals surface area (Å²) in [6.07, 6.45) is 4.58. The molecule has 1 N–H and O–H groups in total. The van der Waals surface area contributed by atoms with Crippen molar-refractivity contribution in [2.45, 2.75) is 13.5 Å². The second-order valence-corrected chi connectivity index (χ2v) is 8.23. The number of hydrogen-bond acceptors (Lipinski definition) is 9. The maximum absolute atomic E-state index is 13.2. The molecule has 178 valence electrons. The molecular formula is C24H20N4O6S.